The van der Waals surface area contributed by atoms with Crippen molar-refractivity contribution in [3.8, 4) is 17.6 Å². The molecule has 13 heteroatoms. The molecule has 0 aliphatic heterocycles. The highest BCUT2D eigenvalue weighted by molar-refractivity contribution is 7.91. The second-order valence-corrected chi connectivity index (χ2v) is 10.4. The number of esters is 1. The zero-order valence-electron chi connectivity index (χ0n) is 19.5. The third kappa shape index (κ3) is 6.77. The lowest BCUT2D eigenvalue weighted by atomic mass is 10.1. The van der Waals surface area contributed by atoms with Crippen molar-refractivity contribution in [2.24, 2.45) is 5.92 Å². The third-order valence-electron chi connectivity index (χ3n) is 4.33. The average molecular weight is 531 g/mol. The molecule has 0 saturated carbocycles. The van der Waals surface area contributed by atoms with Crippen molar-refractivity contribution in [1.29, 1.82) is 5.26 Å². The number of benzene rings is 1. The maximum absolute atomic E-state index is 12.6. The van der Waals surface area contributed by atoms with Gasteiger partial charge in [0.25, 0.3) is 11.1 Å². The van der Waals surface area contributed by atoms with E-state index in [1.807, 2.05) is 0 Å². The first kappa shape index (κ1) is 26.6. The van der Waals surface area contributed by atoms with E-state index in [0.717, 1.165) is 0 Å². The molecule has 0 aliphatic carbocycles. The van der Waals surface area contributed by atoms with Crippen LogP contribution in [-0.2, 0) is 14.6 Å². The summed E-state index contributed by atoms with van der Waals surface area (Å²) >= 11 is 0.697. The number of amides is 1. The fourth-order valence-electron chi connectivity index (χ4n) is 2.89. The summed E-state index contributed by atoms with van der Waals surface area (Å²) in [6, 6.07) is 9.29. The molecule has 11 nitrogen and oxygen atoms in total. The smallest absolute Gasteiger partial charge is 0.379 e. The lowest BCUT2D eigenvalue weighted by molar-refractivity contribution is -0.112. The number of nitrogens with one attached hydrogen (secondary N) is 1. The molecule has 1 N–H and O–H groups in total. The van der Waals surface area contributed by atoms with Crippen LogP contribution in [0.2, 0.25) is 0 Å². The van der Waals surface area contributed by atoms with E-state index in [9.17, 15) is 23.3 Å². The minimum Gasteiger partial charge on any atom is -0.490 e. The van der Waals surface area contributed by atoms with Crippen LogP contribution in [0.5, 0.6) is 11.5 Å². The van der Waals surface area contributed by atoms with Gasteiger partial charge in [-0.15, -0.1) is 0 Å². The Morgan fingerprint density at radius 2 is 2.06 bits per heavy atom. The fraction of sp³-hybridized carbons (Fsp3) is 0.261. The normalized spacial score (nSPS) is 11.7. The fourth-order valence-corrected chi connectivity index (χ4v) is 5.24. The Morgan fingerprint density at radius 1 is 1.28 bits per heavy atom. The standard InChI is InChI=1S/C23H22N4O7S2/c1-4-32-19-11-15(7-8-17(19)34-21(29)18-6-5-9-33-18)10-16(12-24)20(28)25-22-26-23(27-35-22)36(30,31)13-14(2)3/h5-11,14H,4,13H2,1-3H3,(H,25,26,27,28). The molecule has 2 aromatic heterocycles. The van der Waals surface area contributed by atoms with Crippen LogP contribution >= 0.6 is 11.5 Å². The van der Waals surface area contributed by atoms with Crippen LogP contribution in [0.4, 0.5) is 5.13 Å². The van der Waals surface area contributed by atoms with E-state index in [1.54, 1.807) is 32.9 Å². The molecule has 0 bridgehead atoms. The van der Waals surface area contributed by atoms with E-state index >= 15 is 0 Å². The van der Waals surface area contributed by atoms with E-state index in [4.69, 9.17) is 13.9 Å². The number of anilines is 1. The molecule has 0 fully saturated rings. The lowest BCUT2D eigenvalue weighted by Gasteiger charge is -2.11. The summed E-state index contributed by atoms with van der Waals surface area (Å²) in [6.45, 7) is 5.52. The van der Waals surface area contributed by atoms with Crippen molar-refractivity contribution in [3.05, 3.63) is 53.5 Å². The molecule has 2 heterocycles. The van der Waals surface area contributed by atoms with Crippen LogP contribution in [0.25, 0.3) is 6.08 Å². The molecule has 188 valence electrons. The Balaban J connectivity index is 1.78. The van der Waals surface area contributed by atoms with Crippen molar-refractivity contribution in [3.63, 3.8) is 0 Å². The van der Waals surface area contributed by atoms with E-state index in [-0.39, 0.29) is 51.4 Å². The van der Waals surface area contributed by atoms with Gasteiger partial charge in [-0.05, 0) is 48.7 Å². The van der Waals surface area contributed by atoms with Gasteiger partial charge in [0.15, 0.2) is 11.5 Å². The molecule has 0 spiro atoms. The number of hydrogen-bond donors (Lipinski definition) is 1. The first-order valence-corrected chi connectivity index (χ1v) is 13.1. The highest BCUT2D eigenvalue weighted by Crippen LogP contribution is 2.30. The highest BCUT2D eigenvalue weighted by Gasteiger charge is 2.23. The van der Waals surface area contributed by atoms with Gasteiger partial charge < -0.3 is 13.9 Å². The second-order valence-electron chi connectivity index (χ2n) is 7.69. The summed E-state index contributed by atoms with van der Waals surface area (Å²) in [4.78, 5) is 28.7. The predicted octanol–water partition coefficient (Wildman–Crippen LogP) is 3.72. The first-order chi connectivity index (χ1) is 17.1. The largest absolute Gasteiger partial charge is 0.490 e. The zero-order chi connectivity index (χ0) is 26.3. The highest BCUT2D eigenvalue weighted by atomic mass is 32.2. The molecule has 3 aromatic rings. The van der Waals surface area contributed by atoms with Gasteiger partial charge in [-0.2, -0.15) is 14.6 Å². The van der Waals surface area contributed by atoms with Crippen molar-refractivity contribution in [2.75, 3.05) is 17.7 Å². The molecular formula is C23H22N4O7S2. The van der Waals surface area contributed by atoms with Crippen LogP contribution in [-0.4, -0.2) is 42.0 Å². The van der Waals surface area contributed by atoms with E-state index in [2.05, 4.69) is 14.7 Å². The minimum absolute atomic E-state index is 0.0155. The number of hydrogen-bond acceptors (Lipinski definition) is 11. The second kappa shape index (κ2) is 11.6. The van der Waals surface area contributed by atoms with Crippen LogP contribution in [0.3, 0.4) is 0 Å². The van der Waals surface area contributed by atoms with Gasteiger partial charge in [-0.25, -0.2) is 13.2 Å². The number of carbonyl (C=O) groups is 2. The van der Waals surface area contributed by atoms with Crippen molar-refractivity contribution < 1.29 is 31.9 Å². The zero-order valence-corrected chi connectivity index (χ0v) is 21.2. The molecule has 0 saturated heterocycles. The molecule has 0 atom stereocenters. The van der Waals surface area contributed by atoms with E-state index in [1.165, 1.54) is 36.6 Å². The lowest BCUT2D eigenvalue weighted by Crippen LogP contribution is -2.15. The van der Waals surface area contributed by atoms with Crippen LogP contribution in [0.1, 0.15) is 36.9 Å². The van der Waals surface area contributed by atoms with E-state index < -0.39 is 21.7 Å². The van der Waals surface area contributed by atoms with Crippen molar-refractivity contribution in [2.45, 2.75) is 25.9 Å². The number of carbonyl (C=O) groups excluding carboxylic acids is 2. The Kier molecular flexibility index (Phi) is 8.57. The number of rotatable bonds is 10. The topological polar surface area (TPSA) is 161 Å². The van der Waals surface area contributed by atoms with Gasteiger partial charge in [0.2, 0.25) is 20.7 Å². The molecule has 0 aliphatic rings. The Bertz CT molecular complexity index is 1420. The van der Waals surface area contributed by atoms with Crippen molar-refractivity contribution >= 4 is 44.5 Å². The predicted molar refractivity (Wildman–Crippen MR) is 130 cm³/mol. The van der Waals surface area contributed by atoms with Gasteiger partial charge in [0.05, 0.1) is 18.6 Å². The van der Waals surface area contributed by atoms with Gasteiger partial charge in [0, 0.05) is 11.5 Å². The minimum atomic E-state index is -3.68. The number of furan rings is 1. The quantitative estimate of drug-likeness (QED) is 0.177. The van der Waals surface area contributed by atoms with E-state index in [0.29, 0.717) is 17.1 Å². The molecular weight excluding hydrogens is 508 g/mol. The summed E-state index contributed by atoms with van der Waals surface area (Å²) in [7, 11) is -3.68. The number of aromatic nitrogens is 2. The van der Waals surface area contributed by atoms with Gasteiger partial charge in [0.1, 0.15) is 11.6 Å². The number of nitriles is 1. The van der Waals surface area contributed by atoms with Gasteiger partial charge in [-0.3, -0.25) is 10.1 Å². The monoisotopic (exact) mass is 530 g/mol. The number of nitrogens with zero attached hydrogens (tertiary/aromatic N) is 3. The van der Waals surface area contributed by atoms with Gasteiger partial charge >= 0.3 is 5.97 Å². The summed E-state index contributed by atoms with van der Waals surface area (Å²) in [5.74, 6) is -1.40. The summed E-state index contributed by atoms with van der Waals surface area (Å²) in [6.07, 6.45) is 2.64. The summed E-state index contributed by atoms with van der Waals surface area (Å²) in [5, 5.41) is 11.5. The van der Waals surface area contributed by atoms with Crippen molar-refractivity contribution in [1.82, 2.24) is 9.36 Å². The molecule has 0 radical (unpaired) electrons. The van der Waals surface area contributed by atoms with Crippen LogP contribution in [0, 0.1) is 17.2 Å². The Hall–Kier alpha value is -4.02. The molecule has 0 unspecified atom stereocenters. The first-order valence-electron chi connectivity index (χ1n) is 10.6. The summed E-state index contributed by atoms with van der Waals surface area (Å²) in [5.41, 5.74) is 0.139. The van der Waals surface area contributed by atoms with Crippen LogP contribution in [0.15, 0.2) is 51.7 Å². The van der Waals surface area contributed by atoms with Gasteiger partial charge in [-0.1, -0.05) is 19.9 Å². The molecule has 1 amide bonds. The Morgan fingerprint density at radius 3 is 2.69 bits per heavy atom. The molecule has 36 heavy (non-hydrogen) atoms. The SMILES string of the molecule is CCOc1cc(C=C(C#N)C(=O)Nc2nc(S(=O)(=O)CC(C)C)ns2)ccc1OC(=O)c1ccco1. The maximum Gasteiger partial charge on any atom is 0.379 e. The van der Waals surface area contributed by atoms with Crippen LogP contribution < -0.4 is 14.8 Å². The summed E-state index contributed by atoms with van der Waals surface area (Å²) < 4.78 is 44.2. The number of sulfone groups is 1. The molecule has 1 aromatic carbocycles. The third-order valence-corrected chi connectivity index (χ3v) is 6.92. The maximum atomic E-state index is 12.6. The molecule has 3 rings (SSSR count). The average Bonchev–Trinajstić information content (AvgIpc) is 3.51. The Labute approximate surface area is 211 Å². The number of ether oxygens (including phenoxy) is 2.